The minimum absolute atomic E-state index is 0.213. The van der Waals surface area contributed by atoms with Gasteiger partial charge in [0.1, 0.15) is 11.6 Å². The van der Waals surface area contributed by atoms with Gasteiger partial charge in [0.25, 0.3) is 0 Å². The highest BCUT2D eigenvalue weighted by Crippen LogP contribution is 2.26. The van der Waals surface area contributed by atoms with Crippen LogP contribution in [0.2, 0.25) is 0 Å². The van der Waals surface area contributed by atoms with Crippen molar-refractivity contribution in [3.63, 3.8) is 0 Å². The van der Waals surface area contributed by atoms with Crippen molar-refractivity contribution in [1.82, 2.24) is 4.72 Å². The van der Waals surface area contributed by atoms with Crippen molar-refractivity contribution in [3.05, 3.63) is 58.9 Å². The SMILES string of the molecule is COc1cc(C)c(S(=O)(=O)NC(C)c2ccc(F)cc2)cc1C. The molecule has 0 fully saturated rings. The van der Waals surface area contributed by atoms with E-state index in [1.165, 1.54) is 12.1 Å². The van der Waals surface area contributed by atoms with Crippen LogP contribution >= 0.6 is 0 Å². The molecule has 2 aromatic carbocycles. The van der Waals surface area contributed by atoms with Gasteiger partial charge in [-0.3, -0.25) is 0 Å². The third-order valence-corrected chi connectivity index (χ3v) is 5.37. The van der Waals surface area contributed by atoms with E-state index in [-0.39, 0.29) is 10.7 Å². The molecule has 0 spiro atoms. The van der Waals surface area contributed by atoms with Gasteiger partial charge in [0.2, 0.25) is 10.0 Å². The van der Waals surface area contributed by atoms with Crippen LogP contribution in [0.4, 0.5) is 4.39 Å². The molecular formula is C17H20FNO3S. The Morgan fingerprint density at radius 3 is 2.26 bits per heavy atom. The Labute approximate surface area is 136 Å². The number of halogens is 1. The quantitative estimate of drug-likeness (QED) is 0.908. The molecule has 4 nitrogen and oxygen atoms in total. The second-order valence-corrected chi connectivity index (χ2v) is 7.16. The molecule has 0 aromatic heterocycles. The van der Waals surface area contributed by atoms with Gasteiger partial charge < -0.3 is 4.74 Å². The maximum Gasteiger partial charge on any atom is 0.241 e. The average Bonchev–Trinajstić information content (AvgIpc) is 2.49. The van der Waals surface area contributed by atoms with Gasteiger partial charge in [-0.05, 0) is 61.7 Å². The van der Waals surface area contributed by atoms with Crippen LogP contribution in [0.15, 0.2) is 41.3 Å². The van der Waals surface area contributed by atoms with Crippen molar-refractivity contribution in [2.24, 2.45) is 0 Å². The summed E-state index contributed by atoms with van der Waals surface area (Å²) in [5, 5.41) is 0. The molecule has 0 heterocycles. The molecule has 2 rings (SSSR count). The second kappa shape index (κ2) is 6.68. The van der Waals surface area contributed by atoms with Gasteiger partial charge in [-0.15, -0.1) is 0 Å². The predicted molar refractivity (Wildman–Crippen MR) is 87.6 cm³/mol. The highest BCUT2D eigenvalue weighted by Gasteiger charge is 2.21. The third-order valence-electron chi connectivity index (χ3n) is 3.68. The number of benzene rings is 2. The second-order valence-electron chi connectivity index (χ2n) is 5.48. The van der Waals surface area contributed by atoms with Crippen LogP contribution in [0.5, 0.6) is 5.75 Å². The Bertz CT molecular complexity index is 801. The Morgan fingerprint density at radius 1 is 1.09 bits per heavy atom. The molecule has 0 aliphatic heterocycles. The largest absolute Gasteiger partial charge is 0.496 e. The molecule has 23 heavy (non-hydrogen) atoms. The Kier molecular flexibility index (Phi) is 5.06. The fourth-order valence-corrected chi connectivity index (χ4v) is 3.93. The van der Waals surface area contributed by atoms with Crippen LogP contribution in [0.3, 0.4) is 0 Å². The molecule has 1 atom stereocenters. The minimum Gasteiger partial charge on any atom is -0.496 e. The number of rotatable bonds is 5. The first-order valence-electron chi connectivity index (χ1n) is 7.17. The van der Waals surface area contributed by atoms with Crippen LogP contribution in [-0.4, -0.2) is 15.5 Å². The Balaban J connectivity index is 2.32. The van der Waals surface area contributed by atoms with Crippen LogP contribution in [0.25, 0.3) is 0 Å². The van der Waals surface area contributed by atoms with Crippen molar-refractivity contribution < 1.29 is 17.5 Å². The van der Waals surface area contributed by atoms with Gasteiger partial charge in [-0.25, -0.2) is 17.5 Å². The maximum absolute atomic E-state index is 13.0. The summed E-state index contributed by atoms with van der Waals surface area (Å²) in [7, 11) is -2.15. The Morgan fingerprint density at radius 2 is 1.70 bits per heavy atom. The van der Waals surface area contributed by atoms with Gasteiger partial charge in [0.05, 0.1) is 12.0 Å². The van der Waals surface area contributed by atoms with E-state index < -0.39 is 16.1 Å². The van der Waals surface area contributed by atoms with E-state index >= 15 is 0 Å². The van der Waals surface area contributed by atoms with Gasteiger partial charge in [-0.1, -0.05) is 12.1 Å². The zero-order valence-electron chi connectivity index (χ0n) is 13.6. The first-order valence-corrected chi connectivity index (χ1v) is 8.66. The monoisotopic (exact) mass is 337 g/mol. The highest BCUT2D eigenvalue weighted by molar-refractivity contribution is 7.89. The van der Waals surface area contributed by atoms with Crippen LogP contribution in [-0.2, 0) is 10.0 Å². The number of ether oxygens (including phenoxy) is 1. The fraction of sp³-hybridized carbons (Fsp3) is 0.294. The molecule has 2 aromatic rings. The number of hydrogen-bond acceptors (Lipinski definition) is 3. The van der Waals surface area contributed by atoms with E-state index in [2.05, 4.69) is 4.72 Å². The number of nitrogens with one attached hydrogen (secondary N) is 1. The molecule has 1 N–H and O–H groups in total. The van der Waals surface area contributed by atoms with Crippen molar-refractivity contribution in [2.75, 3.05) is 7.11 Å². The van der Waals surface area contributed by atoms with E-state index in [4.69, 9.17) is 4.74 Å². The first-order chi connectivity index (χ1) is 10.7. The zero-order chi connectivity index (χ0) is 17.2. The van der Waals surface area contributed by atoms with Crippen LogP contribution in [0.1, 0.15) is 29.7 Å². The lowest BCUT2D eigenvalue weighted by Crippen LogP contribution is -2.27. The molecule has 0 aliphatic rings. The van der Waals surface area contributed by atoms with E-state index in [1.807, 2.05) is 0 Å². The summed E-state index contributed by atoms with van der Waals surface area (Å²) in [6, 6.07) is 8.57. The van der Waals surface area contributed by atoms with Crippen molar-refractivity contribution in [1.29, 1.82) is 0 Å². The zero-order valence-corrected chi connectivity index (χ0v) is 14.4. The van der Waals surface area contributed by atoms with Gasteiger partial charge in [0.15, 0.2) is 0 Å². The molecule has 0 aliphatic carbocycles. The summed E-state index contributed by atoms with van der Waals surface area (Å²) in [6.07, 6.45) is 0. The number of hydrogen-bond donors (Lipinski definition) is 1. The number of aryl methyl sites for hydroxylation is 2. The number of sulfonamides is 1. The summed E-state index contributed by atoms with van der Waals surface area (Å²) in [6.45, 7) is 5.23. The molecule has 6 heteroatoms. The van der Waals surface area contributed by atoms with Gasteiger partial charge >= 0.3 is 0 Å². The molecule has 0 bridgehead atoms. The first kappa shape index (κ1) is 17.4. The lowest BCUT2D eigenvalue weighted by molar-refractivity contribution is 0.411. The lowest BCUT2D eigenvalue weighted by Gasteiger charge is -2.17. The van der Waals surface area contributed by atoms with Crippen LogP contribution in [0, 0.1) is 19.7 Å². The Hall–Kier alpha value is -1.92. The highest BCUT2D eigenvalue weighted by atomic mass is 32.2. The minimum atomic E-state index is -3.70. The summed E-state index contributed by atoms with van der Waals surface area (Å²) < 4.78 is 46.1. The molecule has 0 saturated heterocycles. The van der Waals surface area contributed by atoms with Crippen molar-refractivity contribution >= 4 is 10.0 Å². The van der Waals surface area contributed by atoms with E-state index in [9.17, 15) is 12.8 Å². The van der Waals surface area contributed by atoms with Crippen molar-refractivity contribution in [3.8, 4) is 5.75 Å². The number of methoxy groups -OCH3 is 1. The van der Waals surface area contributed by atoms with E-state index in [0.29, 0.717) is 16.9 Å². The van der Waals surface area contributed by atoms with Gasteiger partial charge in [0, 0.05) is 6.04 Å². The predicted octanol–water partition coefficient (Wildman–Crippen LogP) is 3.49. The van der Waals surface area contributed by atoms with Crippen LogP contribution < -0.4 is 9.46 Å². The summed E-state index contributed by atoms with van der Waals surface area (Å²) in [5.41, 5.74) is 2.04. The standard InChI is InChI=1S/C17H20FNO3S/c1-11-10-17(12(2)9-16(11)22-4)23(20,21)19-13(3)14-5-7-15(18)8-6-14/h5-10,13,19H,1-4H3. The van der Waals surface area contributed by atoms with E-state index in [1.54, 1.807) is 52.1 Å². The average molecular weight is 337 g/mol. The lowest BCUT2D eigenvalue weighted by atomic mass is 10.1. The molecule has 124 valence electrons. The summed E-state index contributed by atoms with van der Waals surface area (Å²) in [5.74, 6) is 0.290. The van der Waals surface area contributed by atoms with Crippen molar-refractivity contribution in [2.45, 2.75) is 31.7 Å². The summed E-state index contributed by atoms with van der Waals surface area (Å²) in [4.78, 5) is 0.213. The molecule has 0 radical (unpaired) electrons. The molecule has 0 saturated carbocycles. The van der Waals surface area contributed by atoms with Gasteiger partial charge in [-0.2, -0.15) is 0 Å². The summed E-state index contributed by atoms with van der Waals surface area (Å²) >= 11 is 0. The molecular weight excluding hydrogens is 317 g/mol. The maximum atomic E-state index is 13.0. The fourth-order valence-electron chi connectivity index (χ4n) is 2.39. The normalized spacial score (nSPS) is 12.9. The molecule has 1 unspecified atom stereocenters. The smallest absolute Gasteiger partial charge is 0.241 e. The van der Waals surface area contributed by atoms with E-state index in [0.717, 1.165) is 5.56 Å². The third kappa shape index (κ3) is 3.89. The topological polar surface area (TPSA) is 55.4 Å². The molecule has 0 amide bonds.